The summed E-state index contributed by atoms with van der Waals surface area (Å²) in [7, 11) is 0. The van der Waals surface area contributed by atoms with E-state index in [0.717, 1.165) is 12.0 Å². The van der Waals surface area contributed by atoms with Crippen LogP contribution in [0.4, 0.5) is 4.79 Å². The van der Waals surface area contributed by atoms with Gasteiger partial charge in [0.2, 0.25) is 0 Å². The largest absolute Gasteiger partial charge is 0.467 e. The molecule has 1 N–H and O–H groups in total. The Labute approximate surface area is 159 Å². The molecule has 1 aliphatic heterocycles. The van der Waals surface area contributed by atoms with E-state index in [-0.39, 0.29) is 12.0 Å². The molecule has 0 unspecified atom stereocenters. The number of carbonyl (C=O) groups excluding carboxylic acids is 2. The number of nitrogens with one attached hydrogen (secondary N) is 1. The Morgan fingerprint density at radius 2 is 1.89 bits per heavy atom. The van der Waals surface area contributed by atoms with Crippen LogP contribution < -0.4 is 5.32 Å². The van der Waals surface area contributed by atoms with E-state index in [1.165, 1.54) is 5.56 Å². The van der Waals surface area contributed by atoms with E-state index in [1.54, 1.807) is 17.2 Å². The summed E-state index contributed by atoms with van der Waals surface area (Å²) in [6.45, 7) is 7.15. The van der Waals surface area contributed by atoms with Crippen molar-refractivity contribution in [3.63, 3.8) is 0 Å². The van der Waals surface area contributed by atoms with Crippen LogP contribution in [0.2, 0.25) is 0 Å². The Kier molecular flexibility index (Phi) is 5.54. The fraction of sp³-hybridized carbons (Fsp3) is 0.429. The highest BCUT2D eigenvalue weighted by Gasteiger charge is 2.24. The molecule has 2 heterocycles. The number of carbonyl (C=O) groups is 2. The van der Waals surface area contributed by atoms with Gasteiger partial charge in [-0.05, 0) is 69.0 Å². The van der Waals surface area contributed by atoms with Gasteiger partial charge in [-0.25, -0.2) is 4.79 Å². The first-order valence-corrected chi connectivity index (χ1v) is 9.22. The molecule has 0 bridgehead atoms. The highest BCUT2D eigenvalue weighted by Crippen LogP contribution is 2.20. The van der Waals surface area contributed by atoms with Crippen LogP contribution in [0.15, 0.2) is 41.0 Å². The van der Waals surface area contributed by atoms with Crippen LogP contribution >= 0.6 is 0 Å². The molecule has 0 saturated heterocycles. The fourth-order valence-corrected chi connectivity index (χ4v) is 3.06. The van der Waals surface area contributed by atoms with Crippen molar-refractivity contribution in [2.45, 2.75) is 45.8 Å². The van der Waals surface area contributed by atoms with E-state index in [1.807, 2.05) is 45.0 Å². The molecule has 3 rings (SSSR count). The third-order valence-electron chi connectivity index (χ3n) is 4.43. The highest BCUT2D eigenvalue weighted by molar-refractivity contribution is 5.94. The third-order valence-corrected chi connectivity index (χ3v) is 4.43. The average molecular weight is 370 g/mol. The van der Waals surface area contributed by atoms with E-state index in [0.29, 0.717) is 37.4 Å². The van der Waals surface area contributed by atoms with E-state index in [9.17, 15) is 9.59 Å². The molecule has 1 aromatic carbocycles. The second kappa shape index (κ2) is 7.86. The van der Waals surface area contributed by atoms with E-state index >= 15 is 0 Å². The van der Waals surface area contributed by atoms with Crippen LogP contribution in [-0.4, -0.2) is 35.6 Å². The average Bonchev–Trinajstić information content (AvgIpc) is 3.03. The molecule has 0 aliphatic carbocycles. The molecule has 2 amide bonds. The number of amides is 2. The van der Waals surface area contributed by atoms with Crippen molar-refractivity contribution < 1.29 is 18.7 Å². The third kappa shape index (κ3) is 5.12. The highest BCUT2D eigenvalue weighted by atomic mass is 16.6. The van der Waals surface area contributed by atoms with Crippen molar-refractivity contribution in [3.05, 3.63) is 59.0 Å². The van der Waals surface area contributed by atoms with Crippen molar-refractivity contribution >= 4 is 12.0 Å². The lowest BCUT2D eigenvalue weighted by atomic mass is 10.00. The summed E-state index contributed by atoms with van der Waals surface area (Å²) in [6.07, 6.45) is 2.75. The molecule has 0 radical (unpaired) electrons. The Balaban J connectivity index is 1.63. The second-order valence-corrected chi connectivity index (χ2v) is 7.71. The van der Waals surface area contributed by atoms with Gasteiger partial charge in [0.15, 0.2) is 0 Å². The Morgan fingerprint density at radius 1 is 1.15 bits per heavy atom. The fourth-order valence-electron chi connectivity index (χ4n) is 3.06. The van der Waals surface area contributed by atoms with Gasteiger partial charge >= 0.3 is 6.09 Å². The number of benzene rings is 1. The molecule has 144 valence electrons. The van der Waals surface area contributed by atoms with Gasteiger partial charge in [0.1, 0.15) is 11.4 Å². The van der Waals surface area contributed by atoms with Crippen molar-refractivity contribution in [2.24, 2.45) is 0 Å². The first kappa shape index (κ1) is 19.0. The maximum absolute atomic E-state index is 12.4. The van der Waals surface area contributed by atoms with E-state index in [2.05, 4.69) is 5.32 Å². The molecule has 0 spiro atoms. The minimum atomic E-state index is -0.504. The Hall–Kier alpha value is -2.76. The lowest BCUT2D eigenvalue weighted by Crippen LogP contribution is -2.38. The SMILES string of the molecule is CC(C)(C)OC(=O)N1CCc2ccc(C(=O)NCc3ccco3)cc2CC1. The predicted molar refractivity (Wildman–Crippen MR) is 102 cm³/mol. The first-order chi connectivity index (χ1) is 12.8. The summed E-state index contributed by atoms with van der Waals surface area (Å²) in [5, 5.41) is 2.86. The Bertz CT molecular complexity index is 806. The summed E-state index contributed by atoms with van der Waals surface area (Å²) < 4.78 is 10.7. The molecule has 0 saturated carbocycles. The van der Waals surface area contributed by atoms with Crippen LogP contribution in [0, 0.1) is 0 Å². The zero-order chi connectivity index (χ0) is 19.4. The molecule has 0 fully saturated rings. The van der Waals surface area contributed by atoms with E-state index in [4.69, 9.17) is 9.15 Å². The van der Waals surface area contributed by atoms with Gasteiger partial charge in [-0.15, -0.1) is 0 Å². The van der Waals surface area contributed by atoms with Gasteiger partial charge < -0.3 is 19.4 Å². The van der Waals surface area contributed by atoms with Gasteiger partial charge in [0.25, 0.3) is 5.91 Å². The summed E-state index contributed by atoms with van der Waals surface area (Å²) in [6, 6.07) is 9.35. The molecule has 1 aromatic heterocycles. The monoisotopic (exact) mass is 370 g/mol. The minimum absolute atomic E-state index is 0.137. The molecular formula is C21H26N2O4. The zero-order valence-electron chi connectivity index (χ0n) is 16.1. The Morgan fingerprint density at radius 3 is 2.56 bits per heavy atom. The quantitative estimate of drug-likeness (QED) is 0.897. The molecule has 6 nitrogen and oxygen atoms in total. The van der Waals surface area contributed by atoms with Gasteiger partial charge in [-0.3, -0.25) is 4.79 Å². The number of nitrogens with zero attached hydrogens (tertiary/aromatic N) is 1. The number of hydrogen-bond acceptors (Lipinski definition) is 4. The summed E-state index contributed by atoms with van der Waals surface area (Å²) >= 11 is 0. The maximum Gasteiger partial charge on any atom is 0.410 e. The minimum Gasteiger partial charge on any atom is -0.467 e. The standard InChI is InChI=1S/C21H26N2O4/c1-21(2,3)27-20(25)23-10-8-15-6-7-17(13-16(15)9-11-23)19(24)22-14-18-5-4-12-26-18/h4-7,12-13H,8-11,14H2,1-3H3,(H,22,24). The maximum atomic E-state index is 12.4. The number of furan rings is 1. The van der Waals surface area contributed by atoms with Crippen LogP contribution in [0.25, 0.3) is 0 Å². The van der Waals surface area contributed by atoms with Crippen molar-refractivity contribution in [3.8, 4) is 0 Å². The predicted octanol–water partition coefficient (Wildman–Crippen LogP) is 3.55. The van der Waals surface area contributed by atoms with Crippen molar-refractivity contribution in [1.82, 2.24) is 10.2 Å². The molecule has 0 atom stereocenters. The molecular weight excluding hydrogens is 344 g/mol. The lowest BCUT2D eigenvalue weighted by Gasteiger charge is -2.26. The molecule has 6 heteroatoms. The van der Waals surface area contributed by atoms with Crippen LogP contribution in [0.3, 0.4) is 0 Å². The summed E-state index contributed by atoms with van der Waals surface area (Å²) in [5.41, 5.74) is 2.39. The molecule has 27 heavy (non-hydrogen) atoms. The molecule has 2 aromatic rings. The van der Waals surface area contributed by atoms with Crippen LogP contribution in [-0.2, 0) is 24.1 Å². The number of hydrogen-bond donors (Lipinski definition) is 1. The zero-order valence-corrected chi connectivity index (χ0v) is 16.1. The second-order valence-electron chi connectivity index (χ2n) is 7.71. The number of fused-ring (bicyclic) bond motifs is 1. The van der Waals surface area contributed by atoms with Gasteiger partial charge in [0, 0.05) is 18.7 Å². The smallest absolute Gasteiger partial charge is 0.410 e. The van der Waals surface area contributed by atoms with Crippen molar-refractivity contribution in [2.75, 3.05) is 13.1 Å². The van der Waals surface area contributed by atoms with Gasteiger partial charge in [-0.2, -0.15) is 0 Å². The number of ether oxygens (including phenoxy) is 1. The molecule has 1 aliphatic rings. The normalized spacial score (nSPS) is 14.3. The lowest BCUT2D eigenvalue weighted by molar-refractivity contribution is 0.0258. The van der Waals surface area contributed by atoms with Crippen LogP contribution in [0.5, 0.6) is 0 Å². The summed E-state index contributed by atoms with van der Waals surface area (Å²) in [5.74, 6) is 0.577. The first-order valence-electron chi connectivity index (χ1n) is 9.22. The summed E-state index contributed by atoms with van der Waals surface area (Å²) in [4.78, 5) is 26.5. The van der Waals surface area contributed by atoms with Crippen LogP contribution in [0.1, 0.15) is 48.0 Å². The topological polar surface area (TPSA) is 71.8 Å². The number of rotatable bonds is 3. The van der Waals surface area contributed by atoms with E-state index < -0.39 is 5.60 Å². The van der Waals surface area contributed by atoms with Crippen molar-refractivity contribution in [1.29, 1.82) is 0 Å². The van der Waals surface area contributed by atoms with Gasteiger partial charge in [0.05, 0.1) is 12.8 Å². The van der Waals surface area contributed by atoms with Gasteiger partial charge in [-0.1, -0.05) is 6.07 Å².